The lowest BCUT2D eigenvalue weighted by Crippen LogP contribution is -2.36. The first-order valence-corrected chi connectivity index (χ1v) is 9.88. The maximum Gasteiger partial charge on any atom is 0.407 e. The van der Waals surface area contributed by atoms with Crippen LogP contribution in [-0.4, -0.2) is 54.0 Å². The van der Waals surface area contributed by atoms with Gasteiger partial charge in [-0.05, 0) is 22.3 Å². The Morgan fingerprint density at radius 3 is 2.23 bits per heavy atom. The van der Waals surface area contributed by atoms with Gasteiger partial charge in [0.15, 0.2) is 0 Å². The first-order chi connectivity index (χ1) is 15.0. The molecule has 0 saturated carbocycles. The first kappa shape index (κ1) is 22.0. The van der Waals surface area contributed by atoms with E-state index in [9.17, 15) is 19.5 Å². The van der Waals surface area contributed by atoms with Crippen LogP contribution in [0, 0.1) is 0 Å². The van der Waals surface area contributed by atoms with Crippen LogP contribution in [0.3, 0.4) is 0 Å². The van der Waals surface area contributed by atoms with Gasteiger partial charge in [-0.2, -0.15) is 0 Å². The molecule has 0 radical (unpaired) electrons. The Morgan fingerprint density at radius 2 is 1.61 bits per heavy atom. The van der Waals surface area contributed by atoms with Crippen molar-refractivity contribution in [3.05, 3.63) is 71.8 Å². The first-order valence-electron chi connectivity index (χ1n) is 9.88. The highest BCUT2D eigenvalue weighted by Crippen LogP contribution is 2.44. The van der Waals surface area contributed by atoms with Crippen molar-refractivity contribution < 1.29 is 29.3 Å². The number of ether oxygens (including phenoxy) is 1. The zero-order valence-electron chi connectivity index (χ0n) is 16.8. The number of amides is 2. The van der Waals surface area contributed by atoms with E-state index in [-0.39, 0.29) is 32.0 Å². The number of fused-ring (bicyclic) bond motifs is 3. The minimum atomic E-state index is -1.11. The number of rotatable bonds is 9. The third kappa shape index (κ3) is 5.93. The molecule has 0 fully saturated rings. The van der Waals surface area contributed by atoms with Crippen molar-refractivity contribution in [1.82, 2.24) is 10.6 Å². The molecule has 1 unspecified atom stereocenters. The average Bonchev–Trinajstić information content (AvgIpc) is 3.07. The maximum atomic E-state index is 12.1. The summed E-state index contributed by atoms with van der Waals surface area (Å²) in [5.74, 6) is -1.63. The molecule has 162 valence electrons. The summed E-state index contributed by atoms with van der Waals surface area (Å²) >= 11 is 0. The monoisotopic (exact) mass is 424 g/mol. The van der Waals surface area contributed by atoms with Crippen molar-refractivity contribution >= 4 is 18.0 Å². The van der Waals surface area contributed by atoms with Gasteiger partial charge >= 0.3 is 12.1 Å². The predicted octanol–water partition coefficient (Wildman–Crippen LogP) is 2.03. The van der Waals surface area contributed by atoms with E-state index in [2.05, 4.69) is 10.6 Å². The number of carbonyl (C=O) groups excluding carboxylic acids is 2. The third-order valence-electron chi connectivity index (χ3n) is 4.92. The lowest BCUT2D eigenvalue weighted by Gasteiger charge is -2.15. The number of carbonyl (C=O) groups is 3. The van der Waals surface area contributed by atoms with E-state index in [1.54, 1.807) is 0 Å². The fraction of sp³-hybridized carbons (Fsp3) is 0.261. The second-order valence-corrected chi connectivity index (χ2v) is 7.11. The maximum absolute atomic E-state index is 12.1. The number of benzene rings is 2. The van der Waals surface area contributed by atoms with E-state index in [0.29, 0.717) is 0 Å². The van der Waals surface area contributed by atoms with Gasteiger partial charge in [0.25, 0.3) is 0 Å². The summed E-state index contributed by atoms with van der Waals surface area (Å²) in [7, 11) is 0. The second kappa shape index (κ2) is 10.4. The van der Waals surface area contributed by atoms with Crippen molar-refractivity contribution in [2.24, 2.45) is 0 Å². The minimum Gasteiger partial charge on any atom is -0.478 e. The molecule has 2 aromatic carbocycles. The molecule has 0 bridgehead atoms. The van der Waals surface area contributed by atoms with Crippen LogP contribution in [0.5, 0.6) is 0 Å². The highest BCUT2D eigenvalue weighted by atomic mass is 16.5. The standard InChI is InChI=1S/C23H24N2O6/c26-15(12-21(27)24-11-5-10-22(28)29)13-25-23(30)31-14-20-18-8-3-1-6-16(18)17-7-2-4-9-19(17)20/h1-10,15,20,26H,11-14H2,(H,24,27)(H,25,30)(H,28,29)/b10-5+. The van der Waals surface area contributed by atoms with Crippen LogP contribution in [0.25, 0.3) is 11.1 Å². The molecule has 0 saturated heterocycles. The number of aliphatic hydroxyl groups is 1. The van der Waals surface area contributed by atoms with Gasteiger partial charge in [-0.3, -0.25) is 4.79 Å². The highest BCUT2D eigenvalue weighted by molar-refractivity contribution is 5.80. The largest absolute Gasteiger partial charge is 0.478 e. The van der Waals surface area contributed by atoms with Crippen LogP contribution < -0.4 is 10.6 Å². The Bertz CT molecular complexity index is 942. The van der Waals surface area contributed by atoms with E-state index in [0.717, 1.165) is 28.3 Å². The SMILES string of the molecule is O=C(O)/C=C/CNC(=O)CC(O)CNC(=O)OCC1c2ccccc2-c2ccccc21. The molecule has 0 aromatic heterocycles. The Morgan fingerprint density at radius 1 is 1.00 bits per heavy atom. The van der Waals surface area contributed by atoms with Crippen molar-refractivity contribution in [3.8, 4) is 11.1 Å². The van der Waals surface area contributed by atoms with Crippen molar-refractivity contribution in [1.29, 1.82) is 0 Å². The predicted molar refractivity (Wildman–Crippen MR) is 113 cm³/mol. The van der Waals surface area contributed by atoms with Crippen LogP contribution in [0.1, 0.15) is 23.5 Å². The molecule has 1 aliphatic rings. The molecule has 8 heteroatoms. The molecule has 0 aliphatic heterocycles. The average molecular weight is 424 g/mol. The Balaban J connectivity index is 1.44. The van der Waals surface area contributed by atoms with Gasteiger partial charge < -0.3 is 25.6 Å². The van der Waals surface area contributed by atoms with Crippen LogP contribution >= 0.6 is 0 Å². The molecule has 2 amide bonds. The summed E-state index contributed by atoms with van der Waals surface area (Å²) in [6, 6.07) is 16.0. The van der Waals surface area contributed by atoms with Crippen LogP contribution in [0.15, 0.2) is 60.7 Å². The van der Waals surface area contributed by atoms with Gasteiger partial charge in [-0.25, -0.2) is 9.59 Å². The number of hydrogen-bond donors (Lipinski definition) is 4. The summed E-state index contributed by atoms with van der Waals surface area (Å²) in [5.41, 5.74) is 4.47. The zero-order valence-corrected chi connectivity index (χ0v) is 16.8. The molecule has 4 N–H and O–H groups in total. The lowest BCUT2D eigenvalue weighted by molar-refractivity contribution is -0.131. The molecule has 0 spiro atoms. The van der Waals surface area contributed by atoms with E-state index in [1.165, 1.54) is 6.08 Å². The number of carboxylic acid groups (broad SMARTS) is 1. The van der Waals surface area contributed by atoms with E-state index < -0.39 is 24.1 Å². The van der Waals surface area contributed by atoms with Crippen molar-refractivity contribution in [3.63, 3.8) is 0 Å². The number of nitrogens with one attached hydrogen (secondary N) is 2. The van der Waals surface area contributed by atoms with Gasteiger partial charge in [-0.15, -0.1) is 0 Å². The zero-order chi connectivity index (χ0) is 22.2. The van der Waals surface area contributed by atoms with E-state index >= 15 is 0 Å². The van der Waals surface area contributed by atoms with Gasteiger partial charge in [0.1, 0.15) is 6.61 Å². The molecule has 3 rings (SSSR count). The molecular formula is C23H24N2O6. The van der Waals surface area contributed by atoms with Gasteiger partial charge in [0.05, 0.1) is 12.5 Å². The van der Waals surface area contributed by atoms with Gasteiger partial charge in [0, 0.05) is 25.1 Å². The number of hydrogen-bond acceptors (Lipinski definition) is 5. The summed E-state index contributed by atoms with van der Waals surface area (Å²) in [5, 5.41) is 23.3. The topological polar surface area (TPSA) is 125 Å². The highest BCUT2D eigenvalue weighted by Gasteiger charge is 2.29. The molecule has 0 heterocycles. The second-order valence-electron chi connectivity index (χ2n) is 7.11. The molecule has 2 aromatic rings. The minimum absolute atomic E-state index is 0.0393. The normalized spacial score (nSPS) is 13.3. The third-order valence-corrected chi connectivity index (χ3v) is 4.92. The number of aliphatic carboxylic acids is 1. The summed E-state index contributed by atoms with van der Waals surface area (Å²) in [6.07, 6.45) is 0.191. The lowest BCUT2D eigenvalue weighted by atomic mass is 9.98. The van der Waals surface area contributed by atoms with Gasteiger partial charge in [0.2, 0.25) is 5.91 Å². The fourth-order valence-corrected chi connectivity index (χ4v) is 3.54. The Kier molecular flexibility index (Phi) is 7.40. The number of carboxylic acids is 1. The van der Waals surface area contributed by atoms with E-state index in [4.69, 9.17) is 9.84 Å². The van der Waals surface area contributed by atoms with E-state index in [1.807, 2.05) is 48.5 Å². The molecule has 1 atom stereocenters. The quantitative estimate of drug-likeness (QED) is 0.457. The van der Waals surface area contributed by atoms with Crippen LogP contribution in [0.2, 0.25) is 0 Å². The summed E-state index contributed by atoms with van der Waals surface area (Å²) in [6.45, 7) is 0.0546. The molecule has 31 heavy (non-hydrogen) atoms. The van der Waals surface area contributed by atoms with Crippen LogP contribution in [0.4, 0.5) is 4.79 Å². The number of aliphatic hydroxyl groups excluding tert-OH is 1. The molecule has 8 nitrogen and oxygen atoms in total. The van der Waals surface area contributed by atoms with Gasteiger partial charge in [-0.1, -0.05) is 54.6 Å². The Hall–Kier alpha value is -3.65. The molecule has 1 aliphatic carbocycles. The van der Waals surface area contributed by atoms with Crippen molar-refractivity contribution in [2.75, 3.05) is 19.7 Å². The summed E-state index contributed by atoms with van der Waals surface area (Å²) in [4.78, 5) is 34.1. The van der Waals surface area contributed by atoms with Crippen LogP contribution in [-0.2, 0) is 14.3 Å². The smallest absolute Gasteiger partial charge is 0.407 e. The van der Waals surface area contributed by atoms with Crippen molar-refractivity contribution in [2.45, 2.75) is 18.4 Å². The molecular weight excluding hydrogens is 400 g/mol. The summed E-state index contributed by atoms with van der Waals surface area (Å²) < 4.78 is 5.37. The Labute approximate surface area is 179 Å². The fourth-order valence-electron chi connectivity index (χ4n) is 3.54. The number of alkyl carbamates (subject to hydrolysis) is 1.